The Kier molecular flexibility index (Phi) is 5.95. The second kappa shape index (κ2) is 8.76. The molecule has 1 aromatic carbocycles. The van der Waals surface area contributed by atoms with Gasteiger partial charge in [-0.15, -0.1) is 0 Å². The van der Waals surface area contributed by atoms with Gasteiger partial charge in [0.25, 0.3) is 5.82 Å². The third-order valence-electron chi connectivity index (χ3n) is 3.81. The lowest BCUT2D eigenvalue weighted by Crippen LogP contribution is -2.19. The molecule has 0 amide bonds. The Balaban J connectivity index is 1.80. The number of esters is 1. The molecule has 0 fully saturated rings. The lowest BCUT2D eigenvalue weighted by Gasteiger charge is -2.08. The molecule has 0 aliphatic rings. The normalized spacial score (nSPS) is 10.1. The Morgan fingerprint density at radius 2 is 1.89 bits per heavy atom. The van der Waals surface area contributed by atoms with Gasteiger partial charge in [-0.05, 0) is 17.7 Å². The van der Waals surface area contributed by atoms with Crippen molar-refractivity contribution in [1.29, 1.82) is 10.5 Å². The molecule has 0 saturated heterocycles. The highest BCUT2D eigenvalue weighted by Gasteiger charge is 2.25. The van der Waals surface area contributed by atoms with Crippen molar-refractivity contribution in [2.45, 2.75) is 11.6 Å². The van der Waals surface area contributed by atoms with Gasteiger partial charge < -0.3 is 9.15 Å². The minimum Gasteiger partial charge on any atom is -0.464 e. The quantitative estimate of drug-likeness (QED) is 0.505. The summed E-state index contributed by atoms with van der Waals surface area (Å²) in [5.41, 5.74) is 7.42. The molecule has 3 N–H and O–H groups in total. The summed E-state index contributed by atoms with van der Waals surface area (Å²) in [6.45, 7) is 0.169. The number of hydrogen-bond donors (Lipinski definition) is 1. The van der Waals surface area contributed by atoms with Crippen LogP contribution < -0.4 is 10.7 Å². The number of carbonyl (C=O) groups excluding carboxylic acids is 1. The van der Waals surface area contributed by atoms with E-state index in [1.807, 2.05) is 36.4 Å². The zero-order valence-electron chi connectivity index (χ0n) is 14.6. The summed E-state index contributed by atoms with van der Waals surface area (Å²) in [4.78, 5) is 14.9. The number of nitrogens with zero attached hydrogens (tertiary/aromatic N) is 2. The van der Waals surface area contributed by atoms with Crippen LogP contribution in [0, 0.1) is 22.7 Å². The number of thioether (sulfide) groups is 1. The van der Waals surface area contributed by atoms with Gasteiger partial charge in [0.15, 0.2) is 10.6 Å². The van der Waals surface area contributed by atoms with E-state index in [0.29, 0.717) is 16.3 Å². The van der Waals surface area contributed by atoms with Gasteiger partial charge in [-0.3, -0.25) is 10.5 Å². The van der Waals surface area contributed by atoms with E-state index in [2.05, 4.69) is 11.1 Å². The van der Waals surface area contributed by atoms with Crippen molar-refractivity contribution in [1.82, 2.24) is 0 Å². The monoisotopic (exact) mass is 391 g/mol. The van der Waals surface area contributed by atoms with E-state index in [1.165, 1.54) is 6.26 Å². The molecule has 0 radical (unpaired) electrons. The third-order valence-corrected chi connectivity index (χ3v) is 4.79. The molecule has 8 heteroatoms. The van der Waals surface area contributed by atoms with Gasteiger partial charge in [0, 0.05) is 0 Å². The minimum atomic E-state index is -0.436. The first-order valence-electron chi connectivity index (χ1n) is 8.19. The second-order valence-corrected chi connectivity index (χ2v) is 6.61. The van der Waals surface area contributed by atoms with E-state index in [4.69, 9.17) is 14.9 Å². The summed E-state index contributed by atoms with van der Waals surface area (Å²) >= 11 is 1.08. The second-order valence-electron chi connectivity index (χ2n) is 5.63. The van der Waals surface area contributed by atoms with Crippen molar-refractivity contribution in [3.63, 3.8) is 0 Å². The number of hydrogen-bond acceptors (Lipinski definition) is 7. The Bertz CT molecular complexity index is 1070. The summed E-state index contributed by atoms with van der Waals surface area (Å²) in [5.74, 6) is -0.0232. The fraction of sp³-hybridized carbons (Fsp3) is 0.100. The van der Waals surface area contributed by atoms with Crippen LogP contribution in [0.5, 0.6) is 0 Å². The van der Waals surface area contributed by atoms with Crippen LogP contribution in [0.3, 0.4) is 0 Å². The van der Waals surface area contributed by atoms with Gasteiger partial charge in [-0.2, -0.15) is 10.5 Å². The van der Waals surface area contributed by atoms with Crippen LogP contribution in [-0.2, 0) is 16.1 Å². The van der Waals surface area contributed by atoms with Crippen molar-refractivity contribution >= 4 is 23.5 Å². The predicted octanol–water partition coefficient (Wildman–Crippen LogP) is 2.92. The number of carbonyl (C=O) groups is 1. The number of aromatic nitrogens is 1. The average Bonchev–Trinajstić information content (AvgIpc) is 3.25. The highest BCUT2D eigenvalue weighted by atomic mass is 32.2. The van der Waals surface area contributed by atoms with Crippen LogP contribution in [-0.4, -0.2) is 11.7 Å². The number of nitrogens with one attached hydrogen (secondary N) is 1. The molecule has 3 aromatic rings. The number of furan rings is 1. The summed E-state index contributed by atoms with van der Waals surface area (Å²) < 4.78 is 10.6. The first-order chi connectivity index (χ1) is 13.6. The van der Waals surface area contributed by atoms with Crippen LogP contribution in [0.2, 0.25) is 0 Å². The summed E-state index contributed by atoms with van der Waals surface area (Å²) in [5, 5.41) is 19.4. The number of ether oxygens (including phenoxy) is 1. The topological polar surface area (TPSA) is 127 Å². The highest BCUT2D eigenvalue weighted by Crippen LogP contribution is 2.33. The molecule has 138 valence electrons. The molecule has 7 nitrogen and oxygen atoms in total. The van der Waals surface area contributed by atoms with Crippen molar-refractivity contribution < 1.29 is 18.9 Å². The van der Waals surface area contributed by atoms with Gasteiger partial charge in [-0.1, -0.05) is 42.1 Å². The largest absolute Gasteiger partial charge is 0.464 e. The van der Waals surface area contributed by atoms with Gasteiger partial charge in [0.05, 0.1) is 17.6 Å². The van der Waals surface area contributed by atoms with Gasteiger partial charge >= 0.3 is 5.97 Å². The van der Waals surface area contributed by atoms with Crippen molar-refractivity contribution in [2.75, 3.05) is 11.5 Å². The Labute approximate surface area is 165 Å². The molecule has 3 rings (SSSR count). The number of anilines is 1. The molecule has 0 atom stereocenters. The number of nitriles is 2. The summed E-state index contributed by atoms with van der Waals surface area (Å²) in [6.07, 6.45) is 1.44. The van der Waals surface area contributed by atoms with Crippen molar-refractivity contribution in [3.05, 3.63) is 65.4 Å². The van der Waals surface area contributed by atoms with E-state index in [9.17, 15) is 15.3 Å². The fourth-order valence-corrected chi connectivity index (χ4v) is 3.35. The first-order valence-corrected chi connectivity index (χ1v) is 9.17. The SMILES string of the molecule is N#Cc1c(N)[nH+]c(SCC(=O)OCc2ccccc2)c(C#N)c1-c1ccco1. The number of nitrogens with two attached hydrogens (primary N) is 1. The Morgan fingerprint density at radius 1 is 1.14 bits per heavy atom. The fourth-order valence-electron chi connectivity index (χ4n) is 2.53. The zero-order valence-corrected chi connectivity index (χ0v) is 15.5. The number of benzene rings is 1. The van der Waals surface area contributed by atoms with E-state index < -0.39 is 5.97 Å². The van der Waals surface area contributed by atoms with Crippen LogP contribution >= 0.6 is 11.8 Å². The zero-order chi connectivity index (χ0) is 19.9. The average molecular weight is 391 g/mol. The van der Waals surface area contributed by atoms with Gasteiger partial charge in [0.1, 0.15) is 30.1 Å². The van der Waals surface area contributed by atoms with Gasteiger partial charge in [-0.25, -0.2) is 4.98 Å². The Morgan fingerprint density at radius 3 is 2.54 bits per heavy atom. The van der Waals surface area contributed by atoms with E-state index in [1.54, 1.807) is 12.1 Å². The molecule has 0 aliphatic carbocycles. The molecule has 28 heavy (non-hydrogen) atoms. The maximum Gasteiger partial charge on any atom is 0.316 e. The molecule has 0 saturated carbocycles. The molecule has 2 aromatic heterocycles. The minimum absolute atomic E-state index is 0.0268. The Hall–Kier alpha value is -3.75. The molecule has 0 bridgehead atoms. The van der Waals surface area contributed by atoms with Crippen LogP contribution in [0.25, 0.3) is 11.3 Å². The lowest BCUT2D eigenvalue weighted by molar-refractivity contribution is -0.410. The van der Waals surface area contributed by atoms with Crippen LogP contribution in [0.1, 0.15) is 16.7 Å². The summed E-state index contributed by atoms with van der Waals surface area (Å²) in [6, 6.07) is 16.7. The molecule has 2 heterocycles. The van der Waals surface area contributed by atoms with Crippen molar-refractivity contribution in [2.24, 2.45) is 0 Å². The lowest BCUT2D eigenvalue weighted by atomic mass is 10.0. The third kappa shape index (κ3) is 4.14. The standard InChI is InChI=1S/C20H14N4O3S/c21-9-14-18(16-7-4-8-26-16)15(10-22)20(24-19(14)23)28-12-17(25)27-11-13-5-2-1-3-6-13/h1-8H,11-12H2,(H2,23,24)/p+1. The number of pyridine rings is 1. The highest BCUT2D eigenvalue weighted by molar-refractivity contribution is 7.99. The smallest absolute Gasteiger partial charge is 0.316 e. The molecular formula is C20H15N4O3S+. The van der Waals surface area contributed by atoms with Crippen molar-refractivity contribution in [3.8, 4) is 23.5 Å². The van der Waals surface area contributed by atoms with Crippen LogP contribution in [0.15, 0.2) is 58.2 Å². The van der Waals surface area contributed by atoms with E-state index >= 15 is 0 Å². The van der Waals surface area contributed by atoms with E-state index in [-0.39, 0.29) is 29.3 Å². The number of H-pyrrole nitrogens is 1. The van der Waals surface area contributed by atoms with Crippen LogP contribution in [0.4, 0.5) is 5.82 Å². The molecule has 0 spiro atoms. The first kappa shape index (κ1) is 19.0. The molecule has 0 unspecified atom stereocenters. The maximum absolute atomic E-state index is 12.1. The maximum atomic E-state index is 12.1. The molecular weight excluding hydrogens is 376 g/mol. The van der Waals surface area contributed by atoms with Gasteiger partial charge in [0.2, 0.25) is 0 Å². The number of nitrogen functional groups attached to an aromatic ring is 1. The predicted molar refractivity (Wildman–Crippen MR) is 102 cm³/mol. The number of aromatic amines is 1. The molecule has 0 aliphatic heterocycles. The summed E-state index contributed by atoms with van der Waals surface area (Å²) in [7, 11) is 0. The number of rotatable bonds is 6. The van der Waals surface area contributed by atoms with E-state index in [0.717, 1.165) is 17.3 Å².